The normalized spacial score (nSPS) is 36.6. The van der Waals surface area contributed by atoms with Crippen LogP contribution in [0.4, 0.5) is 0 Å². The summed E-state index contributed by atoms with van der Waals surface area (Å²) < 4.78 is 0. The van der Waals surface area contributed by atoms with Crippen molar-refractivity contribution >= 4 is 16.8 Å². The van der Waals surface area contributed by atoms with Crippen molar-refractivity contribution in [1.29, 1.82) is 0 Å². The van der Waals surface area contributed by atoms with Crippen molar-refractivity contribution in [2.75, 3.05) is 0 Å². The van der Waals surface area contributed by atoms with E-state index in [2.05, 4.69) is 12.1 Å². The van der Waals surface area contributed by atoms with E-state index in [0.717, 1.165) is 18.4 Å². The Hall–Kier alpha value is -0.820. The van der Waals surface area contributed by atoms with Gasteiger partial charge in [0.25, 0.3) is 0 Å². The van der Waals surface area contributed by atoms with Crippen LogP contribution in [-0.2, 0) is 10.2 Å². The Morgan fingerprint density at radius 1 is 1.25 bits per heavy atom. The maximum Gasteiger partial charge on any atom is 0.232 e. The molecule has 0 radical (unpaired) electrons. The van der Waals surface area contributed by atoms with Crippen molar-refractivity contribution in [3.05, 3.63) is 35.9 Å². The first-order valence-electron chi connectivity index (χ1n) is 5.99. The second kappa shape index (κ2) is 3.59. The molecule has 0 amide bonds. The minimum Gasteiger partial charge on any atom is -0.280 e. The van der Waals surface area contributed by atoms with Gasteiger partial charge in [-0.3, -0.25) is 4.79 Å². The second-order valence-electron chi connectivity index (χ2n) is 5.19. The van der Waals surface area contributed by atoms with Gasteiger partial charge in [0.1, 0.15) is 0 Å². The van der Waals surface area contributed by atoms with E-state index in [9.17, 15) is 4.79 Å². The molecule has 2 heteroatoms. The van der Waals surface area contributed by atoms with E-state index in [1.165, 1.54) is 12.8 Å². The van der Waals surface area contributed by atoms with Crippen LogP contribution in [0.25, 0.3) is 0 Å². The lowest BCUT2D eigenvalue weighted by Gasteiger charge is -2.34. The quantitative estimate of drug-likeness (QED) is 0.716. The molecule has 2 saturated carbocycles. The minimum atomic E-state index is -0.369. The number of carbonyl (C=O) groups is 1. The molecule has 1 aromatic rings. The Kier molecular flexibility index (Phi) is 2.32. The fraction of sp³-hybridized carbons (Fsp3) is 0.500. The lowest BCUT2D eigenvalue weighted by atomic mass is 9.69. The average Bonchev–Trinajstić information content (AvgIpc) is 2.90. The van der Waals surface area contributed by atoms with Crippen LogP contribution in [0.1, 0.15) is 31.2 Å². The third-order valence-electron chi connectivity index (χ3n) is 4.49. The number of fused-ring (bicyclic) bond motifs is 2. The van der Waals surface area contributed by atoms with Crippen LogP contribution in [0.3, 0.4) is 0 Å². The van der Waals surface area contributed by atoms with Crippen molar-refractivity contribution < 1.29 is 4.79 Å². The molecule has 3 rings (SSSR count). The van der Waals surface area contributed by atoms with Gasteiger partial charge < -0.3 is 0 Å². The van der Waals surface area contributed by atoms with Crippen LogP contribution >= 0.6 is 11.6 Å². The maximum absolute atomic E-state index is 11.9. The van der Waals surface area contributed by atoms with Gasteiger partial charge in [0.15, 0.2) is 0 Å². The third-order valence-corrected chi connectivity index (χ3v) is 4.83. The van der Waals surface area contributed by atoms with E-state index in [1.807, 2.05) is 18.2 Å². The van der Waals surface area contributed by atoms with Crippen LogP contribution < -0.4 is 0 Å². The van der Waals surface area contributed by atoms with Crippen molar-refractivity contribution in [1.82, 2.24) is 0 Å². The van der Waals surface area contributed by atoms with Crippen LogP contribution in [-0.4, -0.2) is 5.24 Å². The highest BCUT2D eigenvalue weighted by atomic mass is 35.5. The minimum absolute atomic E-state index is 0.147. The SMILES string of the molecule is O=C(Cl)C1(c2ccccc2)CC2CCC1C2. The molecule has 2 fully saturated rings. The van der Waals surface area contributed by atoms with Gasteiger partial charge in [-0.2, -0.15) is 0 Å². The summed E-state index contributed by atoms with van der Waals surface area (Å²) in [5.41, 5.74) is 0.758. The predicted molar refractivity (Wildman–Crippen MR) is 64.4 cm³/mol. The van der Waals surface area contributed by atoms with Crippen LogP contribution in [0.2, 0.25) is 0 Å². The fourth-order valence-corrected chi connectivity index (χ4v) is 4.11. The highest BCUT2D eigenvalue weighted by Crippen LogP contribution is 2.57. The Morgan fingerprint density at radius 3 is 2.50 bits per heavy atom. The van der Waals surface area contributed by atoms with Gasteiger partial charge >= 0.3 is 0 Å². The van der Waals surface area contributed by atoms with E-state index in [1.54, 1.807) is 0 Å². The smallest absolute Gasteiger partial charge is 0.232 e. The Balaban J connectivity index is 2.08. The van der Waals surface area contributed by atoms with E-state index in [-0.39, 0.29) is 10.7 Å². The van der Waals surface area contributed by atoms with Crippen molar-refractivity contribution in [2.45, 2.75) is 31.1 Å². The summed E-state index contributed by atoms with van der Waals surface area (Å²) in [7, 11) is 0. The summed E-state index contributed by atoms with van der Waals surface area (Å²) in [5, 5.41) is -0.147. The summed E-state index contributed by atoms with van der Waals surface area (Å²) in [4.78, 5) is 11.9. The highest BCUT2D eigenvalue weighted by molar-refractivity contribution is 6.65. The highest BCUT2D eigenvalue weighted by Gasteiger charge is 2.55. The van der Waals surface area contributed by atoms with Gasteiger partial charge in [0.05, 0.1) is 5.41 Å². The molecule has 0 aromatic heterocycles. The Bertz CT molecular complexity index is 414. The average molecular weight is 235 g/mol. The number of hydrogen-bond acceptors (Lipinski definition) is 1. The topological polar surface area (TPSA) is 17.1 Å². The molecule has 0 heterocycles. The van der Waals surface area contributed by atoms with E-state index < -0.39 is 0 Å². The summed E-state index contributed by atoms with van der Waals surface area (Å²) in [6.07, 6.45) is 4.60. The maximum atomic E-state index is 11.9. The molecule has 2 aliphatic carbocycles. The monoisotopic (exact) mass is 234 g/mol. The molecule has 0 N–H and O–H groups in total. The van der Waals surface area contributed by atoms with Gasteiger partial charge in [0, 0.05) is 0 Å². The molecule has 16 heavy (non-hydrogen) atoms. The molecule has 3 unspecified atom stereocenters. The number of rotatable bonds is 2. The number of halogens is 1. The lowest BCUT2D eigenvalue weighted by molar-refractivity contribution is -0.118. The van der Waals surface area contributed by atoms with Gasteiger partial charge in [0.2, 0.25) is 5.24 Å². The predicted octanol–water partition coefficient (Wildman–Crippen LogP) is 3.51. The zero-order valence-corrected chi connectivity index (χ0v) is 9.91. The second-order valence-corrected chi connectivity index (χ2v) is 5.53. The summed E-state index contributed by atoms with van der Waals surface area (Å²) in [5.74, 6) is 1.19. The molecule has 3 atom stereocenters. The first kappa shape index (κ1) is 10.3. The molecule has 1 nitrogen and oxygen atoms in total. The Morgan fingerprint density at radius 2 is 2.00 bits per heavy atom. The van der Waals surface area contributed by atoms with Gasteiger partial charge in [-0.1, -0.05) is 36.8 Å². The van der Waals surface area contributed by atoms with E-state index in [4.69, 9.17) is 11.6 Å². The van der Waals surface area contributed by atoms with E-state index >= 15 is 0 Å². The Labute approximate surface area is 101 Å². The van der Waals surface area contributed by atoms with Gasteiger partial charge in [-0.05, 0) is 48.3 Å². The standard InChI is InChI=1S/C14H15ClO/c15-13(16)14(11-4-2-1-3-5-11)9-10-6-7-12(14)8-10/h1-5,10,12H,6-9H2. The molecule has 0 spiro atoms. The zero-order chi connectivity index (χ0) is 11.2. The largest absolute Gasteiger partial charge is 0.280 e. The van der Waals surface area contributed by atoms with Crippen LogP contribution in [0, 0.1) is 11.8 Å². The molecular formula is C14H15ClO. The molecule has 84 valence electrons. The molecular weight excluding hydrogens is 220 g/mol. The molecule has 2 bridgehead atoms. The fourth-order valence-electron chi connectivity index (χ4n) is 3.77. The zero-order valence-electron chi connectivity index (χ0n) is 9.16. The van der Waals surface area contributed by atoms with Crippen molar-refractivity contribution in [3.8, 4) is 0 Å². The first-order valence-corrected chi connectivity index (χ1v) is 6.37. The van der Waals surface area contributed by atoms with Crippen molar-refractivity contribution in [3.63, 3.8) is 0 Å². The third kappa shape index (κ3) is 1.27. The first-order chi connectivity index (χ1) is 7.73. The number of benzene rings is 1. The lowest BCUT2D eigenvalue weighted by Crippen LogP contribution is -2.38. The molecule has 0 aliphatic heterocycles. The number of carbonyl (C=O) groups excluding carboxylic acids is 1. The van der Waals surface area contributed by atoms with Crippen LogP contribution in [0.5, 0.6) is 0 Å². The molecule has 0 saturated heterocycles. The van der Waals surface area contributed by atoms with Gasteiger partial charge in [-0.15, -0.1) is 0 Å². The summed E-state index contributed by atoms with van der Waals surface area (Å²) in [6, 6.07) is 10.1. The molecule has 1 aromatic carbocycles. The van der Waals surface area contributed by atoms with Gasteiger partial charge in [-0.25, -0.2) is 0 Å². The molecule has 2 aliphatic rings. The summed E-state index contributed by atoms with van der Waals surface area (Å²) >= 11 is 5.93. The van der Waals surface area contributed by atoms with Crippen molar-refractivity contribution in [2.24, 2.45) is 11.8 Å². The summed E-state index contributed by atoms with van der Waals surface area (Å²) in [6.45, 7) is 0. The van der Waals surface area contributed by atoms with E-state index in [0.29, 0.717) is 11.8 Å². The van der Waals surface area contributed by atoms with Crippen LogP contribution in [0.15, 0.2) is 30.3 Å². The number of hydrogen-bond donors (Lipinski definition) is 0.